The number of pyridine rings is 1. The smallest absolute Gasteiger partial charge is 0.138 e. The van der Waals surface area contributed by atoms with Gasteiger partial charge in [-0.25, -0.2) is 0 Å². The summed E-state index contributed by atoms with van der Waals surface area (Å²) in [7, 11) is 1.57. The second kappa shape index (κ2) is 7.20. The zero-order valence-corrected chi connectivity index (χ0v) is 12.5. The van der Waals surface area contributed by atoms with Crippen LogP contribution in [0.3, 0.4) is 0 Å². The van der Waals surface area contributed by atoms with Gasteiger partial charge in [0.1, 0.15) is 18.0 Å². The summed E-state index contributed by atoms with van der Waals surface area (Å²) in [6.07, 6.45) is 3.85. The first-order valence-electron chi connectivity index (χ1n) is 7.01. The van der Waals surface area contributed by atoms with E-state index in [0.29, 0.717) is 24.3 Å². The van der Waals surface area contributed by atoms with Crippen molar-refractivity contribution in [3.8, 4) is 5.75 Å². The molecule has 0 spiro atoms. The number of aromatic nitrogens is 1. The van der Waals surface area contributed by atoms with Crippen molar-refractivity contribution in [3.05, 3.63) is 59.9 Å². The molecule has 4 nitrogen and oxygen atoms in total. The number of methoxy groups -OCH3 is 1. The van der Waals surface area contributed by atoms with E-state index in [1.807, 2.05) is 43.3 Å². The van der Waals surface area contributed by atoms with Gasteiger partial charge in [-0.2, -0.15) is 0 Å². The Kier molecular flexibility index (Phi) is 5.31. The molecule has 0 saturated heterocycles. The van der Waals surface area contributed by atoms with Gasteiger partial charge in [-0.05, 0) is 18.1 Å². The highest BCUT2D eigenvalue weighted by Crippen LogP contribution is 2.27. The molecule has 1 aromatic heterocycles. The lowest BCUT2D eigenvalue weighted by molar-refractivity contribution is -0.0390. The summed E-state index contributed by atoms with van der Waals surface area (Å²) >= 11 is 0. The van der Waals surface area contributed by atoms with E-state index in [4.69, 9.17) is 9.47 Å². The van der Waals surface area contributed by atoms with Crippen LogP contribution in [-0.2, 0) is 16.9 Å². The highest BCUT2D eigenvalue weighted by atomic mass is 16.5. The number of aliphatic hydroxyl groups is 1. The standard InChI is InChI=1S/C17H21NO3/c1-3-17(19,13-20-2)15-9-16(11-18-10-15)21-12-14-7-5-4-6-8-14/h4-11,19H,3,12-13H2,1-2H3. The second-order valence-corrected chi connectivity index (χ2v) is 5.00. The van der Waals surface area contributed by atoms with E-state index >= 15 is 0 Å². The summed E-state index contributed by atoms with van der Waals surface area (Å²) in [4.78, 5) is 4.15. The maximum Gasteiger partial charge on any atom is 0.138 e. The third kappa shape index (κ3) is 4.03. The Balaban J connectivity index is 2.10. The molecule has 0 radical (unpaired) electrons. The quantitative estimate of drug-likeness (QED) is 0.850. The number of nitrogens with zero attached hydrogens (tertiary/aromatic N) is 1. The van der Waals surface area contributed by atoms with Crippen molar-refractivity contribution in [2.24, 2.45) is 0 Å². The van der Waals surface area contributed by atoms with Crippen molar-refractivity contribution in [2.75, 3.05) is 13.7 Å². The van der Waals surface area contributed by atoms with Gasteiger partial charge in [0.2, 0.25) is 0 Å². The SMILES string of the molecule is CCC(O)(COC)c1cncc(OCc2ccccc2)c1. The van der Waals surface area contributed by atoms with Crippen molar-refractivity contribution in [2.45, 2.75) is 25.6 Å². The Morgan fingerprint density at radius 2 is 1.95 bits per heavy atom. The fourth-order valence-corrected chi connectivity index (χ4v) is 2.12. The van der Waals surface area contributed by atoms with Crippen LogP contribution >= 0.6 is 0 Å². The molecule has 4 heteroatoms. The number of hydrogen-bond donors (Lipinski definition) is 1. The molecule has 0 aliphatic carbocycles. The van der Waals surface area contributed by atoms with Crippen molar-refractivity contribution in [3.63, 3.8) is 0 Å². The summed E-state index contributed by atoms with van der Waals surface area (Å²) in [5, 5.41) is 10.6. The molecule has 1 unspecified atom stereocenters. The van der Waals surface area contributed by atoms with Crippen LogP contribution < -0.4 is 4.74 Å². The minimum atomic E-state index is -1.03. The summed E-state index contributed by atoms with van der Waals surface area (Å²) < 4.78 is 10.8. The largest absolute Gasteiger partial charge is 0.487 e. The molecule has 1 aromatic carbocycles. The molecule has 0 fully saturated rings. The molecule has 0 bridgehead atoms. The fraction of sp³-hybridized carbons (Fsp3) is 0.353. The van der Waals surface area contributed by atoms with E-state index in [1.165, 1.54) is 0 Å². The van der Waals surface area contributed by atoms with E-state index in [0.717, 1.165) is 5.56 Å². The van der Waals surface area contributed by atoms with Crippen LogP contribution in [0.25, 0.3) is 0 Å². The molecule has 1 atom stereocenters. The van der Waals surface area contributed by atoms with E-state index in [2.05, 4.69) is 4.98 Å². The third-order valence-corrected chi connectivity index (χ3v) is 3.47. The van der Waals surface area contributed by atoms with Gasteiger partial charge in [0.15, 0.2) is 0 Å². The van der Waals surface area contributed by atoms with Crippen molar-refractivity contribution >= 4 is 0 Å². The molecule has 112 valence electrons. The van der Waals surface area contributed by atoms with Gasteiger partial charge in [0.25, 0.3) is 0 Å². The molecule has 2 rings (SSSR count). The minimum absolute atomic E-state index is 0.229. The molecule has 1 N–H and O–H groups in total. The van der Waals surface area contributed by atoms with Gasteiger partial charge in [0, 0.05) is 18.9 Å². The molecule has 21 heavy (non-hydrogen) atoms. The fourth-order valence-electron chi connectivity index (χ4n) is 2.12. The Morgan fingerprint density at radius 1 is 1.19 bits per heavy atom. The van der Waals surface area contributed by atoms with Crippen molar-refractivity contribution in [1.29, 1.82) is 0 Å². The molecule has 1 heterocycles. The van der Waals surface area contributed by atoms with Crippen LogP contribution in [0.5, 0.6) is 5.75 Å². The highest BCUT2D eigenvalue weighted by Gasteiger charge is 2.28. The molecule has 0 aliphatic rings. The minimum Gasteiger partial charge on any atom is -0.487 e. The van der Waals surface area contributed by atoms with Gasteiger partial charge >= 0.3 is 0 Å². The highest BCUT2D eigenvalue weighted by molar-refractivity contribution is 5.28. The van der Waals surface area contributed by atoms with Gasteiger partial charge < -0.3 is 14.6 Å². The first kappa shape index (κ1) is 15.5. The number of hydrogen-bond acceptors (Lipinski definition) is 4. The van der Waals surface area contributed by atoms with Crippen LogP contribution in [0.2, 0.25) is 0 Å². The van der Waals surface area contributed by atoms with E-state index < -0.39 is 5.60 Å². The first-order chi connectivity index (χ1) is 10.2. The molecule has 0 amide bonds. The average Bonchev–Trinajstić information content (AvgIpc) is 2.54. The predicted molar refractivity (Wildman–Crippen MR) is 81.1 cm³/mol. The van der Waals surface area contributed by atoms with Gasteiger partial charge in [-0.3, -0.25) is 4.98 Å². The molecule has 0 saturated carbocycles. The van der Waals surface area contributed by atoms with Crippen molar-refractivity contribution < 1.29 is 14.6 Å². The van der Waals surface area contributed by atoms with Gasteiger partial charge in [0.05, 0.1) is 12.8 Å². The van der Waals surface area contributed by atoms with E-state index in [-0.39, 0.29) is 6.61 Å². The lowest BCUT2D eigenvalue weighted by Gasteiger charge is -2.26. The van der Waals surface area contributed by atoms with Crippen molar-refractivity contribution in [1.82, 2.24) is 4.98 Å². The average molecular weight is 287 g/mol. The zero-order chi connectivity index (χ0) is 15.1. The summed E-state index contributed by atoms with van der Waals surface area (Å²) in [5.41, 5.74) is 0.761. The lowest BCUT2D eigenvalue weighted by Crippen LogP contribution is -2.30. The second-order valence-electron chi connectivity index (χ2n) is 5.00. The summed E-state index contributed by atoms with van der Waals surface area (Å²) in [6, 6.07) is 11.7. The van der Waals surface area contributed by atoms with E-state index in [1.54, 1.807) is 19.5 Å². The summed E-state index contributed by atoms with van der Waals surface area (Å²) in [5.74, 6) is 0.638. The molecular formula is C17H21NO3. The Bertz CT molecular complexity index is 559. The lowest BCUT2D eigenvalue weighted by atomic mass is 9.93. The van der Waals surface area contributed by atoms with Crippen LogP contribution in [0.1, 0.15) is 24.5 Å². The number of rotatable bonds is 7. The molecule has 0 aliphatic heterocycles. The molecule has 2 aromatic rings. The maximum absolute atomic E-state index is 10.6. The third-order valence-electron chi connectivity index (χ3n) is 3.47. The van der Waals surface area contributed by atoms with Crippen LogP contribution in [0, 0.1) is 0 Å². The maximum atomic E-state index is 10.6. The number of benzene rings is 1. The Hall–Kier alpha value is -1.91. The Morgan fingerprint density at radius 3 is 2.62 bits per heavy atom. The van der Waals surface area contributed by atoms with Crippen LogP contribution in [0.15, 0.2) is 48.8 Å². The Labute approximate surface area is 125 Å². The van der Waals surface area contributed by atoms with Crippen LogP contribution in [-0.4, -0.2) is 23.8 Å². The van der Waals surface area contributed by atoms with Crippen LogP contribution in [0.4, 0.5) is 0 Å². The molecular weight excluding hydrogens is 266 g/mol. The predicted octanol–water partition coefficient (Wildman–Crippen LogP) is 2.90. The van der Waals surface area contributed by atoms with Gasteiger partial charge in [-0.1, -0.05) is 37.3 Å². The van der Waals surface area contributed by atoms with E-state index in [9.17, 15) is 5.11 Å². The van der Waals surface area contributed by atoms with Gasteiger partial charge in [-0.15, -0.1) is 0 Å². The summed E-state index contributed by atoms with van der Waals surface area (Å²) in [6.45, 7) is 2.62. The topological polar surface area (TPSA) is 51.6 Å². The monoisotopic (exact) mass is 287 g/mol. The number of ether oxygens (including phenoxy) is 2. The zero-order valence-electron chi connectivity index (χ0n) is 12.5. The first-order valence-corrected chi connectivity index (χ1v) is 7.01. The normalized spacial score (nSPS) is 13.7.